The van der Waals surface area contributed by atoms with Crippen LogP contribution in [-0.4, -0.2) is 72.6 Å². The van der Waals surface area contributed by atoms with Gasteiger partial charge in [0.1, 0.15) is 11.4 Å². The number of aliphatic imine (C=N–C) groups is 1. The number of halogens is 2. The van der Waals surface area contributed by atoms with Crippen LogP contribution >= 0.6 is 24.0 Å². The summed E-state index contributed by atoms with van der Waals surface area (Å²) in [4.78, 5) is 31.7. The van der Waals surface area contributed by atoms with Gasteiger partial charge < -0.3 is 25.6 Å². The van der Waals surface area contributed by atoms with Crippen molar-refractivity contribution in [3.05, 3.63) is 35.6 Å². The highest BCUT2D eigenvalue weighted by molar-refractivity contribution is 14.0. The molecule has 1 saturated heterocycles. The van der Waals surface area contributed by atoms with Crippen molar-refractivity contribution in [1.29, 1.82) is 0 Å². The second kappa shape index (κ2) is 11.2. The molecule has 3 N–H and O–H groups in total. The fourth-order valence-electron chi connectivity index (χ4n) is 2.63. The van der Waals surface area contributed by atoms with Gasteiger partial charge in [-0.3, -0.25) is 9.79 Å². The van der Waals surface area contributed by atoms with Crippen LogP contribution in [-0.2, 0) is 4.74 Å². The van der Waals surface area contributed by atoms with Gasteiger partial charge in [0, 0.05) is 32.7 Å². The van der Waals surface area contributed by atoms with Gasteiger partial charge in [-0.1, -0.05) is 12.1 Å². The number of nitrogens with zero attached hydrogens (tertiary/aromatic N) is 3. The van der Waals surface area contributed by atoms with Crippen LogP contribution in [0, 0.1) is 5.82 Å². The number of rotatable bonds is 4. The maximum absolute atomic E-state index is 13.5. The Morgan fingerprint density at radius 1 is 1.17 bits per heavy atom. The van der Waals surface area contributed by atoms with Gasteiger partial charge in [-0.05, 0) is 32.9 Å². The van der Waals surface area contributed by atoms with Crippen molar-refractivity contribution in [3.63, 3.8) is 0 Å². The lowest BCUT2D eigenvalue weighted by molar-refractivity contribution is 0.0186. The number of ether oxygens (including phenoxy) is 1. The topological polar surface area (TPSA) is 100 Å². The van der Waals surface area contributed by atoms with Gasteiger partial charge in [-0.2, -0.15) is 0 Å². The number of nitrogens with two attached hydrogens (primary N) is 1. The number of amides is 2. The molecule has 0 atom stereocenters. The van der Waals surface area contributed by atoms with Crippen LogP contribution in [0.5, 0.6) is 0 Å². The predicted octanol–water partition coefficient (Wildman–Crippen LogP) is 2.04. The second-order valence-corrected chi connectivity index (χ2v) is 7.43. The van der Waals surface area contributed by atoms with E-state index in [9.17, 15) is 14.0 Å². The van der Waals surface area contributed by atoms with Gasteiger partial charge in [0.15, 0.2) is 5.96 Å². The van der Waals surface area contributed by atoms with Crippen LogP contribution < -0.4 is 11.1 Å². The van der Waals surface area contributed by atoms with E-state index in [1.807, 2.05) is 25.7 Å². The van der Waals surface area contributed by atoms with Gasteiger partial charge in [0.2, 0.25) is 0 Å². The average molecular weight is 521 g/mol. The summed E-state index contributed by atoms with van der Waals surface area (Å²) in [6.07, 6.45) is -0.335. The highest BCUT2D eigenvalue weighted by atomic mass is 127. The highest BCUT2D eigenvalue weighted by Gasteiger charge is 2.26. The van der Waals surface area contributed by atoms with Crippen molar-refractivity contribution < 1.29 is 18.7 Å². The zero-order valence-corrected chi connectivity index (χ0v) is 19.3. The third-order valence-electron chi connectivity index (χ3n) is 4.05. The van der Waals surface area contributed by atoms with Crippen molar-refractivity contribution in [2.45, 2.75) is 26.4 Å². The third kappa shape index (κ3) is 8.03. The first-order valence-electron chi connectivity index (χ1n) is 9.23. The molecule has 2 rings (SSSR count). The first kappa shape index (κ1) is 24.9. The summed E-state index contributed by atoms with van der Waals surface area (Å²) in [6, 6.07) is 5.79. The summed E-state index contributed by atoms with van der Waals surface area (Å²) < 4.78 is 18.9. The van der Waals surface area contributed by atoms with Crippen molar-refractivity contribution in [2.75, 3.05) is 39.3 Å². The van der Waals surface area contributed by atoms with E-state index >= 15 is 0 Å². The smallest absolute Gasteiger partial charge is 0.410 e. The molecule has 1 aliphatic heterocycles. The van der Waals surface area contributed by atoms with Gasteiger partial charge in [-0.15, -0.1) is 24.0 Å². The van der Waals surface area contributed by atoms with Gasteiger partial charge in [0.25, 0.3) is 5.91 Å². The molecule has 0 bridgehead atoms. The van der Waals surface area contributed by atoms with E-state index in [0.29, 0.717) is 32.1 Å². The fraction of sp³-hybridized carbons (Fsp3) is 0.526. The Hall–Kier alpha value is -2.11. The number of piperazine rings is 1. The van der Waals surface area contributed by atoms with Crippen molar-refractivity contribution in [2.24, 2.45) is 10.7 Å². The van der Waals surface area contributed by atoms with Gasteiger partial charge in [-0.25, -0.2) is 9.18 Å². The number of nitrogens with one attached hydrogen (secondary N) is 1. The van der Waals surface area contributed by atoms with Crippen LogP contribution in [0.3, 0.4) is 0 Å². The molecule has 0 spiro atoms. The van der Waals surface area contributed by atoms with Crippen LogP contribution in [0.4, 0.5) is 9.18 Å². The standard InChI is InChI=1S/C19H28FN5O3.HI/c1-19(2,3)28-18(27)25-12-10-24(11-13-25)17(21)23-9-8-22-16(26)14-6-4-5-7-15(14)20;/h4-7H,8-13H2,1-3H3,(H2,21,23)(H,22,26);1H. The minimum atomic E-state index is -0.564. The molecule has 1 heterocycles. The Balaban J connectivity index is 0.00000420. The van der Waals surface area contributed by atoms with Crippen LogP contribution in [0.1, 0.15) is 31.1 Å². The molecule has 0 aliphatic carbocycles. The molecule has 1 aliphatic rings. The molecular formula is C19H29FIN5O3. The molecule has 2 amide bonds. The zero-order valence-electron chi connectivity index (χ0n) is 17.0. The third-order valence-corrected chi connectivity index (χ3v) is 4.05. The number of carbonyl (C=O) groups excluding carboxylic acids is 2. The van der Waals surface area contributed by atoms with Crippen LogP contribution in [0.25, 0.3) is 0 Å². The molecule has 10 heteroatoms. The summed E-state index contributed by atoms with van der Waals surface area (Å²) in [6.45, 7) is 8.10. The number of hydrogen-bond acceptors (Lipinski definition) is 4. The minimum Gasteiger partial charge on any atom is -0.444 e. The molecule has 1 aromatic rings. The van der Waals surface area contributed by atoms with E-state index in [1.54, 1.807) is 11.0 Å². The Labute approximate surface area is 187 Å². The first-order valence-corrected chi connectivity index (χ1v) is 9.23. The number of benzene rings is 1. The number of carbonyl (C=O) groups is 2. The van der Waals surface area contributed by atoms with E-state index in [4.69, 9.17) is 10.5 Å². The largest absolute Gasteiger partial charge is 0.444 e. The molecule has 0 unspecified atom stereocenters. The summed E-state index contributed by atoms with van der Waals surface area (Å²) in [5.41, 5.74) is 5.46. The number of hydrogen-bond donors (Lipinski definition) is 2. The lowest BCUT2D eigenvalue weighted by Gasteiger charge is -2.36. The molecule has 1 aromatic carbocycles. The summed E-state index contributed by atoms with van der Waals surface area (Å²) in [5, 5.41) is 2.61. The Morgan fingerprint density at radius 2 is 1.76 bits per heavy atom. The second-order valence-electron chi connectivity index (χ2n) is 7.43. The van der Waals surface area contributed by atoms with Crippen molar-refractivity contribution in [3.8, 4) is 0 Å². The van der Waals surface area contributed by atoms with E-state index in [0.717, 1.165) is 0 Å². The van der Waals surface area contributed by atoms with E-state index < -0.39 is 17.3 Å². The predicted molar refractivity (Wildman–Crippen MR) is 120 cm³/mol. The molecule has 162 valence electrons. The lowest BCUT2D eigenvalue weighted by Crippen LogP contribution is -2.53. The normalized spacial score (nSPS) is 14.8. The van der Waals surface area contributed by atoms with E-state index in [2.05, 4.69) is 10.3 Å². The van der Waals surface area contributed by atoms with E-state index in [-0.39, 0.29) is 48.7 Å². The summed E-state index contributed by atoms with van der Waals surface area (Å²) in [7, 11) is 0. The monoisotopic (exact) mass is 521 g/mol. The quantitative estimate of drug-likeness (QED) is 0.274. The SMILES string of the molecule is CC(C)(C)OC(=O)N1CCN(C(N)=NCCNC(=O)c2ccccc2F)CC1.I. The van der Waals surface area contributed by atoms with E-state index in [1.165, 1.54) is 18.2 Å². The van der Waals surface area contributed by atoms with Crippen molar-refractivity contribution >= 4 is 41.9 Å². The number of guanidine groups is 1. The Bertz CT molecular complexity index is 731. The average Bonchev–Trinajstić information content (AvgIpc) is 2.64. The molecule has 29 heavy (non-hydrogen) atoms. The van der Waals surface area contributed by atoms with Gasteiger partial charge in [0.05, 0.1) is 12.1 Å². The summed E-state index contributed by atoms with van der Waals surface area (Å²) in [5.74, 6) is -0.701. The molecule has 0 saturated carbocycles. The Morgan fingerprint density at radius 3 is 2.34 bits per heavy atom. The Kier molecular flexibility index (Phi) is 9.60. The molecule has 0 radical (unpaired) electrons. The molecule has 0 aromatic heterocycles. The zero-order chi connectivity index (χ0) is 20.7. The minimum absolute atomic E-state index is 0. The van der Waals surface area contributed by atoms with Crippen LogP contribution in [0.2, 0.25) is 0 Å². The summed E-state index contributed by atoms with van der Waals surface area (Å²) >= 11 is 0. The van der Waals surface area contributed by atoms with Crippen LogP contribution in [0.15, 0.2) is 29.3 Å². The van der Waals surface area contributed by atoms with Crippen molar-refractivity contribution in [1.82, 2.24) is 15.1 Å². The molecule has 1 fully saturated rings. The molecular weight excluding hydrogens is 492 g/mol. The molecule has 8 nitrogen and oxygen atoms in total. The highest BCUT2D eigenvalue weighted by Crippen LogP contribution is 2.11. The fourth-order valence-corrected chi connectivity index (χ4v) is 2.63. The van der Waals surface area contributed by atoms with Gasteiger partial charge >= 0.3 is 6.09 Å². The first-order chi connectivity index (χ1) is 13.2. The maximum Gasteiger partial charge on any atom is 0.410 e. The maximum atomic E-state index is 13.5. The lowest BCUT2D eigenvalue weighted by atomic mass is 10.2.